The summed E-state index contributed by atoms with van der Waals surface area (Å²) in [5, 5.41) is 10.9. The molecule has 0 spiro atoms. The van der Waals surface area contributed by atoms with Crippen LogP contribution in [0, 0.1) is 11.3 Å². The molecule has 0 saturated heterocycles. The lowest BCUT2D eigenvalue weighted by Crippen LogP contribution is -2.47. The molecular formula is C19H36IN5O. The summed E-state index contributed by atoms with van der Waals surface area (Å²) >= 11 is 0. The molecule has 1 aliphatic rings. The van der Waals surface area contributed by atoms with Gasteiger partial charge >= 0.3 is 0 Å². The van der Waals surface area contributed by atoms with Gasteiger partial charge < -0.3 is 15.2 Å². The molecule has 2 rings (SSSR count). The molecule has 0 unspecified atom stereocenters. The van der Waals surface area contributed by atoms with Gasteiger partial charge in [-0.3, -0.25) is 4.99 Å². The number of aryl methyl sites for hydroxylation is 1. The SMILES string of the molecule is CN=C(NCCCc1nc(C(C)C)no1)NCC1(CC(C)C)CCC1.I. The average molecular weight is 477 g/mol. The summed E-state index contributed by atoms with van der Waals surface area (Å²) in [5.74, 6) is 3.46. The average Bonchev–Trinajstić information content (AvgIpc) is 3.00. The fourth-order valence-electron chi connectivity index (χ4n) is 3.54. The van der Waals surface area contributed by atoms with E-state index in [1.165, 1.54) is 25.7 Å². The van der Waals surface area contributed by atoms with Gasteiger partial charge in [-0.15, -0.1) is 24.0 Å². The van der Waals surface area contributed by atoms with Crippen LogP contribution in [0.5, 0.6) is 0 Å². The third-order valence-electron chi connectivity index (χ3n) is 4.97. The number of rotatable bonds is 9. The Morgan fingerprint density at radius 2 is 1.96 bits per heavy atom. The molecule has 1 heterocycles. The number of aromatic nitrogens is 2. The van der Waals surface area contributed by atoms with Crippen molar-refractivity contribution in [3.8, 4) is 0 Å². The molecule has 1 aromatic heterocycles. The Labute approximate surface area is 175 Å². The summed E-state index contributed by atoms with van der Waals surface area (Å²) < 4.78 is 5.28. The first-order valence-corrected chi connectivity index (χ1v) is 9.71. The maximum atomic E-state index is 5.28. The predicted octanol–water partition coefficient (Wildman–Crippen LogP) is 4.13. The van der Waals surface area contributed by atoms with Crippen LogP contribution in [0.2, 0.25) is 0 Å². The van der Waals surface area contributed by atoms with Crippen molar-refractivity contribution in [2.24, 2.45) is 16.3 Å². The smallest absolute Gasteiger partial charge is 0.226 e. The summed E-state index contributed by atoms with van der Waals surface area (Å²) in [6, 6.07) is 0. The molecule has 1 saturated carbocycles. The molecule has 1 aromatic rings. The van der Waals surface area contributed by atoms with Crippen LogP contribution < -0.4 is 10.6 Å². The minimum Gasteiger partial charge on any atom is -0.356 e. The first kappa shape index (κ1) is 23.2. The summed E-state index contributed by atoms with van der Waals surface area (Å²) in [6.07, 6.45) is 7.07. The van der Waals surface area contributed by atoms with Gasteiger partial charge in [-0.25, -0.2) is 0 Å². The molecule has 0 bridgehead atoms. The Morgan fingerprint density at radius 3 is 2.46 bits per heavy atom. The van der Waals surface area contributed by atoms with Crippen LogP contribution in [0.25, 0.3) is 0 Å². The van der Waals surface area contributed by atoms with Crippen LogP contribution in [0.1, 0.15) is 77.4 Å². The van der Waals surface area contributed by atoms with E-state index in [0.717, 1.165) is 49.5 Å². The second-order valence-corrected chi connectivity index (χ2v) is 8.11. The van der Waals surface area contributed by atoms with E-state index in [4.69, 9.17) is 4.52 Å². The maximum Gasteiger partial charge on any atom is 0.226 e. The predicted molar refractivity (Wildman–Crippen MR) is 117 cm³/mol. The molecule has 2 N–H and O–H groups in total. The van der Waals surface area contributed by atoms with E-state index in [2.05, 4.69) is 53.5 Å². The fourth-order valence-corrected chi connectivity index (χ4v) is 3.54. The minimum absolute atomic E-state index is 0. The molecule has 7 heteroatoms. The van der Waals surface area contributed by atoms with Crippen LogP contribution in [-0.4, -0.2) is 36.2 Å². The van der Waals surface area contributed by atoms with Gasteiger partial charge in [-0.2, -0.15) is 4.98 Å². The van der Waals surface area contributed by atoms with E-state index >= 15 is 0 Å². The molecule has 0 amide bonds. The van der Waals surface area contributed by atoms with Crippen LogP contribution >= 0.6 is 24.0 Å². The van der Waals surface area contributed by atoms with Crippen LogP contribution in [0.3, 0.4) is 0 Å². The van der Waals surface area contributed by atoms with E-state index in [9.17, 15) is 0 Å². The van der Waals surface area contributed by atoms with Gasteiger partial charge in [0.2, 0.25) is 5.89 Å². The van der Waals surface area contributed by atoms with Crippen molar-refractivity contribution in [3.63, 3.8) is 0 Å². The molecule has 0 atom stereocenters. The zero-order valence-electron chi connectivity index (χ0n) is 17.0. The molecule has 150 valence electrons. The van der Waals surface area contributed by atoms with Gasteiger partial charge in [-0.1, -0.05) is 39.3 Å². The minimum atomic E-state index is 0. The van der Waals surface area contributed by atoms with Crippen LogP contribution in [0.4, 0.5) is 0 Å². The second-order valence-electron chi connectivity index (χ2n) is 8.11. The quantitative estimate of drug-likeness (QED) is 0.242. The number of guanidine groups is 1. The number of hydrogen-bond acceptors (Lipinski definition) is 4. The number of halogens is 1. The van der Waals surface area contributed by atoms with E-state index < -0.39 is 0 Å². The first-order valence-electron chi connectivity index (χ1n) is 9.71. The highest BCUT2D eigenvalue weighted by atomic mass is 127. The molecule has 1 fully saturated rings. The van der Waals surface area contributed by atoms with Crippen molar-refractivity contribution in [2.75, 3.05) is 20.1 Å². The first-order chi connectivity index (χ1) is 11.9. The van der Waals surface area contributed by atoms with Gasteiger partial charge in [0.25, 0.3) is 0 Å². The Balaban J connectivity index is 0.00000338. The largest absolute Gasteiger partial charge is 0.356 e. The number of aliphatic imine (C=N–C) groups is 1. The summed E-state index contributed by atoms with van der Waals surface area (Å²) in [5.41, 5.74) is 0.475. The fraction of sp³-hybridized carbons (Fsp3) is 0.842. The summed E-state index contributed by atoms with van der Waals surface area (Å²) in [7, 11) is 1.83. The van der Waals surface area contributed by atoms with Crippen LogP contribution in [-0.2, 0) is 6.42 Å². The third-order valence-corrected chi connectivity index (χ3v) is 4.97. The highest BCUT2D eigenvalue weighted by molar-refractivity contribution is 14.0. The second kappa shape index (κ2) is 11.1. The lowest BCUT2D eigenvalue weighted by Gasteiger charge is -2.43. The highest BCUT2D eigenvalue weighted by Gasteiger charge is 2.37. The Morgan fingerprint density at radius 1 is 1.23 bits per heavy atom. The van der Waals surface area contributed by atoms with Gasteiger partial charge in [0.1, 0.15) is 0 Å². The van der Waals surface area contributed by atoms with Crippen molar-refractivity contribution < 1.29 is 4.52 Å². The lowest BCUT2D eigenvalue weighted by molar-refractivity contribution is 0.104. The molecule has 1 aliphatic carbocycles. The zero-order chi connectivity index (χ0) is 18.3. The van der Waals surface area contributed by atoms with Crippen molar-refractivity contribution in [3.05, 3.63) is 11.7 Å². The van der Waals surface area contributed by atoms with Crippen molar-refractivity contribution >= 4 is 29.9 Å². The van der Waals surface area contributed by atoms with Crippen molar-refractivity contribution in [1.82, 2.24) is 20.8 Å². The van der Waals surface area contributed by atoms with Gasteiger partial charge in [0.15, 0.2) is 11.8 Å². The van der Waals surface area contributed by atoms with Gasteiger partial charge in [0.05, 0.1) is 0 Å². The van der Waals surface area contributed by atoms with E-state index in [0.29, 0.717) is 11.3 Å². The summed E-state index contributed by atoms with van der Waals surface area (Å²) in [4.78, 5) is 8.75. The lowest BCUT2D eigenvalue weighted by atomic mass is 9.64. The molecule has 0 aliphatic heterocycles. The van der Waals surface area contributed by atoms with E-state index in [1.807, 2.05) is 7.05 Å². The molecule has 26 heavy (non-hydrogen) atoms. The third kappa shape index (κ3) is 7.04. The molecule has 0 radical (unpaired) electrons. The normalized spacial score (nSPS) is 16.3. The number of nitrogens with one attached hydrogen (secondary N) is 2. The highest BCUT2D eigenvalue weighted by Crippen LogP contribution is 2.45. The maximum absolute atomic E-state index is 5.28. The number of nitrogens with zero attached hydrogens (tertiary/aromatic N) is 3. The van der Waals surface area contributed by atoms with E-state index in [-0.39, 0.29) is 24.0 Å². The standard InChI is InChI=1S/C19H35N5O.HI/c1-14(2)12-19(9-7-10-19)13-22-18(20-5)21-11-6-8-16-23-17(15(3)4)24-25-16;/h14-15H,6-13H2,1-5H3,(H2,20,21,22);1H. The van der Waals surface area contributed by atoms with Crippen molar-refractivity contribution in [2.45, 2.75) is 72.1 Å². The van der Waals surface area contributed by atoms with E-state index in [1.54, 1.807) is 0 Å². The monoisotopic (exact) mass is 477 g/mol. The molecule has 0 aromatic carbocycles. The Kier molecular flexibility index (Phi) is 9.89. The molecular weight excluding hydrogens is 441 g/mol. The summed E-state index contributed by atoms with van der Waals surface area (Å²) in [6.45, 7) is 10.6. The Bertz CT molecular complexity index is 552. The topological polar surface area (TPSA) is 75.3 Å². The van der Waals surface area contributed by atoms with Gasteiger partial charge in [-0.05, 0) is 37.0 Å². The zero-order valence-corrected chi connectivity index (χ0v) is 19.3. The molecule has 6 nitrogen and oxygen atoms in total. The number of hydrogen-bond donors (Lipinski definition) is 2. The Hall–Kier alpha value is -0.860. The van der Waals surface area contributed by atoms with Gasteiger partial charge in [0, 0.05) is 32.5 Å². The van der Waals surface area contributed by atoms with Crippen molar-refractivity contribution in [1.29, 1.82) is 0 Å². The van der Waals surface area contributed by atoms with Crippen LogP contribution in [0.15, 0.2) is 9.52 Å².